The molecule has 1 amide bonds. The van der Waals surface area contributed by atoms with E-state index in [0.29, 0.717) is 27.9 Å². The van der Waals surface area contributed by atoms with Crippen molar-refractivity contribution in [3.05, 3.63) is 99.1 Å². The minimum atomic E-state index is -0.621. The first-order valence-electron chi connectivity index (χ1n) is 10.0. The Morgan fingerprint density at radius 3 is 2.62 bits per heavy atom. The summed E-state index contributed by atoms with van der Waals surface area (Å²) in [4.78, 5) is 39.4. The van der Waals surface area contributed by atoms with Crippen molar-refractivity contribution in [2.75, 3.05) is 5.32 Å². The molecule has 160 valence electrons. The second-order valence-electron chi connectivity index (χ2n) is 7.53. The molecule has 0 bridgehead atoms. The highest BCUT2D eigenvalue weighted by molar-refractivity contribution is 6.03. The maximum Gasteiger partial charge on any atom is 0.332 e. The molecule has 0 aliphatic heterocycles. The van der Waals surface area contributed by atoms with Crippen molar-refractivity contribution in [3.63, 3.8) is 0 Å². The van der Waals surface area contributed by atoms with E-state index >= 15 is 0 Å². The average Bonchev–Trinajstić information content (AvgIpc) is 3.42. The van der Waals surface area contributed by atoms with Gasteiger partial charge in [0.25, 0.3) is 5.56 Å². The van der Waals surface area contributed by atoms with Gasteiger partial charge in [0.2, 0.25) is 11.5 Å². The molecule has 5 aromatic rings. The van der Waals surface area contributed by atoms with E-state index in [-0.39, 0.29) is 18.7 Å². The van der Waals surface area contributed by atoms with Crippen LogP contribution < -0.4 is 16.6 Å². The monoisotopic (exact) mass is 429 g/mol. The fourth-order valence-corrected chi connectivity index (χ4v) is 3.81. The summed E-state index contributed by atoms with van der Waals surface area (Å²) in [7, 11) is 0. The van der Waals surface area contributed by atoms with Crippen molar-refractivity contribution >= 4 is 33.7 Å². The van der Waals surface area contributed by atoms with Gasteiger partial charge < -0.3 is 14.2 Å². The normalized spacial score (nSPS) is 11.3. The number of nitrogens with one attached hydrogen (secondary N) is 1. The van der Waals surface area contributed by atoms with Gasteiger partial charge in [-0.2, -0.15) is 0 Å². The fourth-order valence-electron chi connectivity index (χ4n) is 3.81. The van der Waals surface area contributed by atoms with Crippen LogP contribution in [0.25, 0.3) is 22.1 Å². The second-order valence-corrected chi connectivity index (χ2v) is 7.53. The number of fused-ring (bicyclic) bond motifs is 3. The highest BCUT2D eigenvalue weighted by Crippen LogP contribution is 2.25. The molecule has 8 heteroatoms. The van der Waals surface area contributed by atoms with E-state index in [1.807, 2.05) is 25.1 Å². The van der Waals surface area contributed by atoms with Gasteiger partial charge in [-0.1, -0.05) is 24.3 Å². The van der Waals surface area contributed by atoms with E-state index < -0.39 is 17.2 Å². The summed E-state index contributed by atoms with van der Waals surface area (Å²) in [6.45, 7) is 1.56. The third kappa shape index (κ3) is 3.41. The summed E-state index contributed by atoms with van der Waals surface area (Å²) in [6.07, 6.45) is 1.47. The minimum absolute atomic E-state index is 0.0145. The smallest absolute Gasteiger partial charge is 0.332 e. The lowest BCUT2D eigenvalue weighted by atomic mass is 10.2. The first-order valence-corrected chi connectivity index (χ1v) is 10.0. The number of hydrogen-bond donors (Lipinski definition) is 1. The largest absolute Gasteiger partial charge is 0.467 e. The van der Waals surface area contributed by atoms with Crippen molar-refractivity contribution in [3.8, 4) is 0 Å². The summed E-state index contributed by atoms with van der Waals surface area (Å²) in [5.41, 5.74) is 1.20. The maximum atomic E-state index is 13.4. The van der Waals surface area contributed by atoms with E-state index in [4.69, 9.17) is 8.83 Å². The third-order valence-corrected chi connectivity index (χ3v) is 5.24. The molecule has 0 spiro atoms. The van der Waals surface area contributed by atoms with E-state index in [1.165, 1.54) is 10.8 Å². The van der Waals surface area contributed by atoms with E-state index in [9.17, 15) is 14.4 Å². The Balaban J connectivity index is 1.66. The molecular formula is C24H19N3O5. The maximum absolute atomic E-state index is 13.4. The molecule has 0 saturated carbocycles. The predicted molar refractivity (Wildman–Crippen MR) is 120 cm³/mol. The molecule has 0 aliphatic rings. The number of aryl methyl sites for hydroxylation is 1. The summed E-state index contributed by atoms with van der Waals surface area (Å²) < 4.78 is 13.4. The Hall–Kier alpha value is -4.33. The van der Waals surface area contributed by atoms with Crippen LogP contribution in [0, 0.1) is 6.92 Å². The van der Waals surface area contributed by atoms with Crippen LogP contribution in [0.3, 0.4) is 0 Å². The molecule has 0 unspecified atom stereocenters. The average molecular weight is 429 g/mol. The highest BCUT2D eigenvalue weighted by atomic mass is 16.3. The fraction of sp³-hybridized carbons (Fsp3) is 0.125. The van der Waals surface area contributed by atoms with Crippen molar-refractivity contribution in [1.29, 1.82) is 0 Å². The van der Waals surface area contributed by atoms with Gasteiger partial charge in [0.05, 0.1) is 12.8 Å². The number of carbonyl (C=O) groups is 1. The lowest BCUT2D eigenvalue weighted by Gasteiger charge is -2.12. The van der Waals surface area contributed by atoms with Crippen molar-refractivity contribution in [2.45, 2.75) is 20.0 Å². The topological polar surface area (TPSA) is 99.4 Å². The Morgan fingerprint density at radius 2 is 1.84 bits per heavy atom. The van der Waals surface area contributed by atoms with Gasteiger partial charge in [0.15, 0.2) is 0 Å². The minimum Gasteiger partial charge on any atom is -0.467 e. The third-order valence-electron chi connectivity index (χ3n) is 5.24. The number of amides is 1. The van der Waals surface area contributed by atoms with Gasteiger partial charge in [-0.3, -0.25) is 14.2 Å². The Bertz CT molecular complexity index is 1570. The van der Waals surface area contributed by atoms with E-state index in [2.05, 4.69) is 5.32 Å². The molecule has 0 saturated heterocycles. The Morgan fingerprint density at radius 1 is 1.00 bits per heavy atom. The van der Waals surface area contributed by atoms with Crippen LogP contribution in [0.4, 0.5) is 5.69 Å². The number of benzene rings is 2. The number of nitrogens with zero attached hydrogens (tertiary/aromatic N) is 2. The van der Waals surface area contributed by atoms with Crippen molar-refractivity contribution in [2.24, 2.45) is 0 Å². The molecule has 0 fully saturated rings. The molecule has 1 N–H and O–H groups in total. The molecular weight excluding hydrogens is 410 g/mol. The van der Waals surface area contributed by atoms with Crippen LogP contribution in [0.5, 0.6) is 0 Å². The van der Waals surface area contributed by atoms with Crippen LogP contribution in [0.15, 0.2) is 85.4 Å². The number of aromatic nitrogens is 2. The van der Waals surface area contributed by atoms with Gasteiger partial charge >= 0.3 is 5.69 Å². The zero-order chi connectivity index (χ0) is 22.2. The second kappa shape index (κ2) is 7.73. The quantitative estimate of drug-likeness (QED) is 0.461. The molecule has 32 heavy (non-hydrogen) atoms. The number of carbonyl (C=O) groups excluding carboxylic acids is 1. The Kier molecular flexibility index (Phi) is 4.74. The number of rotatable bonds is 5. The summed E-state index contributed by atoms with van der Waals surface area (Å²) in [5, 5.41) is 3.40. The van der Waals surface area contributed by atoms with Gasteiger partial charge in [0, 0.05) is 11.1 Å². The van der Waals surface area contributed by atoms with Crippen LogP contribution in [-0.4, -0.2) is 15.0 Å². The van der Waals surface area contributed by atoms with Crippen LogP contribution in [0.1, 0.15) is 11.3 Å². The highest BCUT2D eigenvalue weighted by Gasteiger charge is 2.21. The lowest BCUT2D eigenvalue weighted by Crippen LogP contribution is -2.41. The van der Waals surface area contributed by atoms with Crippen LogP contribution in [0.2, 0.25) is 0 Å². The number of hydrogen-bond acceptors (Lipinski definition) is 5. The van der Waals surface area contributed by atoms with Crippen LogP contribution >= 0.6 is 0 Å². The Labute approximate surface area is 181 Å². The van der Waals surface area contributed by atoms with Crippen LogP contribution in [-0.2, 0) is 17.9 Å². The SMILES string of the molecule is Cc1cccc(NC(=O)Cn2c(=O)n(Cc3ccco3)c(=O)c3oc4ccccc4c32)c1. The molecule has 2 aromatic carbocycles. The van der Waals surface area contributed by atoms with E-state index in [0.717, 1.165) is 10.1 Å². The molecule has 3 heterocycles. The zero-order valence-corrected chi connectivity index (χ0v) is 17.2. The first-order chi connectivity index (χ1) is 15.5. The summed E-state index contributed by atoms with van der Waals surface area (Å²) in [6, 6.07) is 17.7. The number of para-hydroxylation sites is 1. The standard InChI is InChI=1S/C24H19N3O5/c1-15-6-4-7-16(12-15)25-20(28)14-26-21-18-9-2-3-10-19(18)32-22(21)23(29)27(24(26)30)13-17-8-5-11-31-17/h2-12H,13-14H2,1H3,(H,25,28). The predicted octanol–water partition coefficient (Wildman–Crippen LogP) is 3.50. The number of furan rings is 2. The van der Waals surface area contributed by atoms with Gasteiger partial charge in [-0.25, -0.2) is 9.36 Å². The molecule has 8 nitrogen and oxygen atoms in total. The molecule has 0 aliphatic carbocycles. The van der Waals surface area contributed by atoms with Gasteiger partial charge in [-0.05, 0) is 48.9 Å². The van der Waals surface area contributed by atoms with Crippen molar-refractivity contribution < 1.29 is 13.6 Å². The molecule has 5 rings (SSSR count). The van der Waals surface area contributed by atoms with E-state index in [1.54, 1.807) is 42.5 Å². The first kappa shape index (κ1) is 19.6. The zero-order valence-electron chi connectivity index (χ0n) is 17.2. The van der Waals surface area contributed by atoms with Crippen molar-refractivity contribution in [1.82, 2.24) is 9.13 Å². The molecule has 3 aromatic heterocycles. The molecule has 0 atom stereocenters. The number of anilines is 1. The van der Waals surface area contributed by atoms with Gasteiger partial charge in [0.1, 0.15) is 23.4 Å². The summed E-state index contributed by atoms with van der Waals surface area (Å²) >= 11 is 0. The molecule has 0 radical (unpaired) electrons. The summed E-state index contributed by atoms with van der Waals surface area (Å²) in [5.74, 6) is 0.0444. The lowest BCUT2D eigenvalue weighted by molar-refractivity contribution is -0.116. The van der Waals surface area contributed by atoms with Gasteiger partial charge in [-0.15, -0.1) is 0 Å².